The van der Waals surface area contributed by atoms with Crippen molar-refractivity contribution < 1.29 is 14.1 Å². The Labute approximate surface area is 116 Å². The minimum absolute atomic E-state index is 0.215. The van der Waals surface area contributed by atoms with Crippen LogP contribution in [0.25, 0.3) is 0 Å². The number of nitrogens with two attached hydrogens (primary N) is 1. The molecule has 0 bridgehead atoms. The van der Waals surface area contributed by atoms with Crippen molar-refractivity contribution in [2.24, 2.45) is 0 Å². The first-order valence-corrected chi connectivity index (χ1v) is 6.18. The molecule has 7 nitrogen and oxygen atoms in total. The summed E-state index contributed by atoms with van der Waals surface area (Å²) in [5.41, 5.74) is 5.30. The lowest BCUT2D eigenvalue weighted by atomic mass is 10.2. The van der Waals surface area contributed by atoms with Gasteiger partial charge in [-0.05, 0) is 13.0 Å². The minimum Gasteiger partial charge on any atom is -0.375 e. The van der Waals surface area contributed by atoms with Crippen LogP contribution >= 0.6 is 11.3 Å². The van der Waals surface area contributed by atoms with Gasteiger partial charge < -0.3 is 11.1 Å². The van der Waals surface area contributed by atoms with Crippen molar-refractivity contribution in [2.45, 2.75) is 6.92 Å². The predicted molar refractivity (Wildman–Crippen MR) is 72.3 cm³/mol. The second-order valence-corrected chi connectivity index (χ2v) is 4.87. The normalized spacial score (nSPS) is 10.3. The predicted octanol–water partition coefficient (Wildman–Crippen LogP) is 2.33. The Bertz CT molecular complexity index is 701. The first kappa shape index (κ1) is 13.9. The molecule has 1 amide bonds. The Balaban J connectivity index is 2.30. The first-order chi connectivity index (χ1) is 9.38. The van der Waals surface area contributed by atoms with Gasteiger partial charge >= 0.3 is 0 Å². The Morgan fingerprint density at radius 2 is 2.25 bits per heavy atom. The maximum atomic E-state index is 13.5. The average molecular weight is 296 g/mol. The van der Waals surface area contributed by atoms with Gasteiger partial charge in [0.2, 0.25) is 0 Å². The highest BCUT2D eigenvalue weighted by Gasteiger charge is 2.17. The lowest BCUT2D eigenvalue weighted by molar-refractivity contribution is -0.384. The Morgan fingerprint density at radius 1 is 1.55 bits per heavy atom. The molecule has 2 aromatic rings. The molecule has 0 spiro atoms. The van der Waals surface area contributed by atoms with E-state index in [9.17, 15) is 19.3 Å². The third-order valence-electron chi connectivity index (χ3n) is 2.43. The van der Waals surface area contributed by atoms with E-state index in [-0.39, 0.29) is 21.4 Å². The third-order valence-corrected chi connectivity index (χ3v) is 3.41. The fraction of sp³-hybridized carbons (Fsp3) is 0.0909. The molecule has 0 unspecified atom stereocenters. The van der Waals surface area contributed by atoms with E-state index in [4.69, 9.17) is 5.73 Å². The van der Waals surface area contributed by atoms with E-state index in [0.29, 0.717) is 5.69 Å². The van der Waals surface area contributed by atoms with Crippen molar-refractivity contribution in [2.75, 3.05) is 11.1 Å². The molecule has 0 radical (unpaired) electrons. The fourth-order valence-corrected chi connectivity index (χ4v) is 2.26. The van der Waals surface area contributed by atoms with Gasteiger partial charge in [-0.2, -0.15) is 0 Å². The summed E-state index contributed by atoms with van der Waals surface area (Å²) >= 11 is 0.956. The zero-order chi connectivity index (χ0) is 14.9. The number of rotatable bonds is 3. The molecule has 1 aromatic heterocycles. The van der Waals surface area contributed by atoms with E-state index >= 15 is 0 Å². The number of nitrogens with one attached hydrogen (secondary N) is 1. The van der Waals surface area contributed by atoms with Crippen LogP contribution in [0.1, 0.15) is 15.4 Å². The van der Waals surface area contributed by atoms with Gasteiger partial charge in [-0.15, -0.1) is 0 Å². The number of anilines is 2. The Morgan fingerprint density at radius 3 is 2.80 bits per heavy atom. The molecule has 1 heterocycles. The fourth-order valence-electron chi connectivity index (χ4n) is 1.53. The van der Waals surface area contributed by atoms with E-state index in [1.807, 2.05) is 0 Å². The largest absolute Gasteiger partial charge is 0.375 e. The second-order valence-electron chi connectivity index (χ2n) is 3.84. The highest BCUT2D eigenvalue weighted by molar-refractivity contribution is 7.17. The van der Waals surface area contributed by atoms with E-state index in [0.717, 1.165) is 29.5 Å². The van der Waals surface area contributed by atoms with Gasteiger partial charge in [-0.25, -0.2) is 9.37 Å². The number of non-ortho nitro benzene ring substituents is 1. The van der Waals surface area contributed by atoms with Crippen molar-refractivity contribution >= 4 is 33.8 Å². The summed E-state index contributed by atoms with van der Waals surface area (Å²) in [4.78, 5) is 26.0. The van der Waals surface area contributed by atoms with Crippen molar-refractivity contribution in [1.82, 2.24) is 4.98 Å². The molecule has 0 aliphatic rings. The maximum Gasteiger partial charge on any atom is 0.271 e. The molecular weight excluding hydrogens is 287 g/mol. The summed E-state index contributed by atoms with van der Waals surface area (Å²) in [6.45, 7) is 1.59. The van der Waals surface area contributed by atoms with Gasteiger partial charge in [0.1, 0.15) is 10.7 Å². The van der Waals surface area contributed by atoms with Crippen LogP contribution in [0.4, 0.5) is 20.9 Å². The zero-order valence-corrected chi connectivity index (χ0v) is 11.0. The number of nitrogen functional groups attached to an aromatic ring is 1. The SMILES string of the molecule is Cc1nc(N)sc1C(=O)Nc1cc([N+](=O)[O-])ccc1F. The summed E-state index contributed by atoms with van der Waals surface area (Å²) in [6, 6.07) is 2.88. The smallest absolute Gasteiger partial charge is 0.271 e. The number of hydrogen-bond donors (Lipinski definition) is 2. The number of benzene rings is 1. The molecule has 0 saturated carbocycles. The number of amides is 1. The van der Waals surface area contributed by atoms with Crippen LogP contribution in [0, 0.1) is 22.9 Å². The molecule has 2 rings (SSSR count). The van der Waals surface area contributed by atoms with E-state index < -0.39 is 16.6 Å². The van der Waals surface area contributed by atoms with Crippen molar-refractivity contribution in [3.63, 3.8) is 0 Å². The lowest BCUT2D eigenvalue weighted by Crippen LogP contribution is -2.13. The van der Waals surface area contributed by atoms with Gasteiger partial charge in [0.15, 0.2) is 5.13 Å². The third kappa shape index (κ3) is 2.72. The molecule has 1 aromatic carbocycles. The quantitative estimate of drug-likeness (QED) is 0.667. The monoisotopic (exact) mass is 296 g/mol. The van der Waals surface area contributed by atoms with Crippen LogP contribution in [0.3, 0.4) is 0 Å². The topological polar surface area (TPSA) is 111 Å². The van der Waals surface area contributed by atoms with Crippen LogP contribution in [-0.2, 0) is 0 Å². The molecule has 0 fully saturated rings. The van der Waals surface area contributed by atoms with Crippen LogP contribution in [-0.4, -0.2) is 15.8 Å². The van der Waals surface area contributed by atoms with Crippen LogP contribution in [0.5, 0.6) is 0 Å². The summed E-state index contributed by atoms with van der Waals surface area (Å²) < 4.78 is 13.5. The van der Waals surface area contributed by atoms with Crippen LogP contribution < -0.4 is 11.1 Å². The number of halogens is 1. The number of thiazole rings is 1. The van der Waals surface area contributed by atoms with Crippen molar-refractivity contribution in [3.8, 4) is 0 Å². The second kappa shape index (κ2) is 5.21. The van der Waals surface area contributed by atoms with E-state index in [1.54, 1.807) is 6.92 Å². The minimum atomic E-state index is -0.765. The summed E-state index contributed by atoms with van der Waals surface area (Å²) in [7, 11) is 0. The number of aryl methyl sites for hydroxylation is 1. The zero-order valence-electron chi connectivity index (χ0n) is 10.2. The molecule has 0 aliphatic carbocycles. The Hall–Kier alpha value is -2.55. The van der Waals surface area contributed by atoms with Crippen LogP contribution in [0.15, 0.2) is 18.2 Å². The van der Waals surface area contributed by atoms with E-state index in [1.165, 1.54) is 0 Å². The molecule has 20 heavy (non-hydrogen) atoms. The van der Waals surface area contributed by atoms with Gasteiger partial charge in [0, 0.05) is 12.1 Å². The lowest BCUT2D eigenvalue weighted by Gasteiger charge is -2.05. The highest BCUT2D eigenvalue weighted by Crippen LogP contribution is 2.24. The number of nitro benzene ring substituents is 1. The number of aromatic nitrogens is 1. The summed E-state index contributed by atoms with van der Waals surface area (Å²) in [5.74, 6) is -1.38. The Kier molecular flexibility index (Phi) is 3.61. The van der Waals surface area contributed by atoms with Gasteiger partial charge in [0.25, 0.3) is 11.6 Å². The summed E-state index contributed by atoms with van der Waals surface area (Å²) in [5, 5.41) is 13.1. The standard InChI is InChI=1S/C11H9FN4O3S/c1-5-9(20-11(13)14-5)10(17)15-8-4-6(16(18)19)2-3-7(8)12/h2-4H,1H3,(H2,13,14)(H,15,17). The molecular formula is C11H9FN4O3S. The number of carbonyl (C=O) groups is 1. The first-order valence-electron chi connectivity index (χ1n) is 5.36. The molecule has 104 valence electrons. The number of carbonyl (C=O) groups excluding carboxylic acids is 1. The average Bonchev–Trinajstić information content (AvgIpc) is 2.71. The van der Waals surface area contributed by atoms with Crippen molar-refractivity contribution in [3.05, 3.63) is 44.7 Å². The van der Waals surface area contributed by atoms with Gasteiger partial charge in [-0.1, -0.05) is 11.3 Å². The van der Waals surface area contributed by atoms with Crippen LogP contribution in [0.2, 0.25) is 0 Å². The van der Waals surface area contributed by atoms with Crippen molar-refractivity contribution in [1.29, 1.82) is 0 Å². The molecule has 9 heteroatoms. The molecule has 0 saturated heterocycles. The molecule has 0 atom stereocenters. The maximum absolute atomic E-state index is 13.5. The van der Waals surface area contributed by atoms with E-state index in [2.05, 4.69) is 10.3 Å². The number of hydrogen-bond acceptors (Lipinski definition) is 6. The van der Waals surface area contributed by atoms with Gasteiger partial charge in [-0.3, -0.25) is 14.9 Å². The number of nitro groups is 1. The summed E-state index contributed by atoms with van der Waals surface area (Å²) in [6.07, 6.45) is 0. The number of nitrogens with zero attached hydrogens (tertiary/aromatic N) is 2. The van der Waals surface area contributed by atoms with Gasteiger partial charge in [0.05, 0.1) is 16.3 Å². The molecule has 0 aliphatic heterocycles. The highest BCUT2D eigenvalue weighted by atomic mass is 32.1. The molecule has 3 N–H and O–H groups in total.